The van der Waals surface area contributed by atoms with Crippen molar-refractivity contribution in [3.8, 4) is 11.8 Å². The van der Waals surface area contributed by atoms with E-state index in [-0.39, 0.29) is 28.7 Å². The Hall–Kier alpha value is -1.77. The van der Waals surface area contributed by atoms with E-state index in [0.717, 1.165) is 0 Å². The summed E-state index contributed by atoms with van der Waals surface area (Å²) >= 11 is 5.88. The van der Waals surface area contributed by atoms with Gasteiger partial charge in [-0.1, -0.05) is 5.92 Å². The molecule has 2 aromatic heterocycles. The summed E-state index contributed by atoms with van der Waals surface area (Å²) in [5.41, 5.74) is 5.01. The zero-order valence-corrected chi connectivity index (χ0v) is 15.2. The molecule has 27 heavy (non-hydrogen) atoms. The predicted octanol–water partition coefficient (Wildman–Crippen LogP) is -0.543. The molecular formula is C14H15ClN5O6P. The molecule has 1 saturated carbocycles. The van der Waals surface area contributed by atoms with Crippen LogP contribution in [0.3, 0.4) is 0 Å². The molecule has 2 aliphatic rings. The lowest BCUT2D eigenvalue weighted by atomic mass is 9.79. The number of halogens is 1. The first-order valence-corrected chi connectivity index (χ1v) is 9.77. The number of fused-ring (bicyclic) bond motifs is 2. The average molecular weight is 416 g/mol. The van der Waals surface area contributed by atoms with Crippen molar-refractivity contribution in [2.45, 2.75) is 24.7 Å². The van der Waals surface area contributed by atoms with Crippen LogP contribution in [0.25, 0.3) is 11.2 Å². The van der Waals surface area contributed by atoms with Crippen LogP contribution < -0.4 is 5.73 Å². The first-order chi connectivity index (χ1) is 12.6. The SMILES string of the molecule is Nc1nc(Cl)nc2c1ncn2[C@H]1[C@H](O)[C@H](O)[C@]2(COP(=O)(O)O)C#CC[C@H]12. The van der Waals surface area contributed by atoms with Gasteiger partial charge in [0, 0.05) is 12.3 Å². The molecule has 0 unspecified atom stereocenters. The molecule has 6 N–H and O–H groups in total. The van der Waals surface area contributed by atoms with Crippen molar-refractivity contribution >= 4 is 36.4 Å². The fourth-order valence-electron chi connectivity index (χ4n) is 3.96. The minimum atomic E-state index is -4.79. The highest BCUT2D eigenvalue weighted by Crippen LogP contribution is 2.55. The Morgan fingerprint density at radius 2 is 2.19 bits per heavy atom. The number of aliphatic hydroxyl groups is 2. The van der Waals surface area contributed by atoms with E-state index >= 15 is 0 Å². The molecule has 0 aliphatic heterocycles. The van der Waals surface area contributed by atoms with Crippen LogP contribution in [0.4, 0.5) is 5.82 Å². The highest BCUT2D eigenvalue weighted by atomic mass is 35.5. The van der Waals surface area contributed by atoms with Crippen LogP contribution in [0.15, 0.2) is 6.33 Å². The number of nitrogen functional groups attached to an aromatic ring is 1. The zero-order chi connectivity index (χ0) is 19.6. The van der Waals surface area contributed by atoms with Gasteiger partial charge in [0.15, 0.2) is 11.5 Å². The molecule has 13 heteroatoms. The molecule has 2 heterocycles. The minimum Gasteiger partial charge on any atom is -0.389 e. The Bertz CT molecular complexity index is 1030. The van der Waals surface area contributed by atoms with E-state index in [0.29, 0.717) is 0 Å². The Kier molecular flexibility index (Phi) is 4.21. The lowest BCUT2D eigenvalue weighted by Gasteiger charge is -2.30. The number of hydrogen-bond donors (Lipinski definition) is 5. The minimum absolute atomic E-state index is 0.0653. The van der Waals surface area contributed by atoms with Crippen LogP contribution in [0.2, 0.25) is 5.28 Å². The number of aliphatic hydroxyl groups excluding tert-OH is 2. The third-order valence-corrected chi connectivity index (χ3v) is 5.77. The highest BCUT2D eigenvalue weighted by Gasteiger charge is 2.62. The van der Waals surface area contributed by atoms with Crippen molar-refractivity contribution in [3.63, 3.8) is 0 Å². The number of anilines is 1. The standard InChI is InChI=1S/C14H15ClN5O6P/c15-13-18-11(16)7-12(19-13)20(5-17-7)8-6-2-1-3-14(6,10(22)9(8)21)4-26-27(23,24)25/h5-6,8-10,21-22H,2,4H2,(H2,16,18,19)(H2,23,24,25)/t6-,8-,9+,10+,14+/m1/s1. The Morgan fingerprint density at radius 1 is 1.44 bits per heavy atom. The molecule has 1 fully saturated rings. The molecule has 0 bridgehead atoms. The molecule has 11 nitrogen and oxygen atoms in total. The predicted molar refractivity (Wildman–Crippen MR) is 92.1 cm³/mol. The summed E-state index contributed by atoms with van der Waals surface area (Å²) in [4.78, 5) is 30.2. The monoisotopic (exact) mass is 415 g/mol. The van der Waals surface area contributed by atoms with Crippen LogP contribution >= 0.6 is 19.4 Å². The summed E-state index contributed by atoms with van der Waals surface area (Å²) in [6, 6.07) is -0.752. The third kappa shape index (κ3) is 2.81. The van der Waals surface area contributed by atoms with Crippen molar-refractivity contribution in [2.75, 3.05) is 12.3 Å². The van der Waals surface area contributed by atoms with Gasteiger partial charge in [-0.3, -0.25) is 4.52 Å². The molecule has 0 spiro atoms. The molecular weight excluding hydrogens is 401 g/mol. The van der Waals surface area contributed by atoms with Gasteiger partial charge in [0.2, 0.25) is 5.28 Å². The smallest absolute Gasteiger partial charge is 0.389 e. The van der Waals surface area contributed by atoms with E-state index in [2.05, 4.69) is 31.3 Å². The summed E-state index contributed by atoms with van der Waals surface area (Å²) < 4.78 is 17.3. The number of nitrogens with zero attached hydrogens (tertiary/aromatic N) is 4. The van der Waals surface area contributed by atoms with E-state index in [9.17, 15) is 14.8 Å². The maximum atomic E-state index is 11.1. The van der Waals surface area contributed by atoms with E-state index < -0.39 is 44.0 Å². The van der Waals surface area contributed by atoms with Gasteiger partial charge in [-0.2, -0.15) is 9.97 Å². The topological polar surface area (TPSA) is 177 Å². The van der Waals surface area contributed by atoms with E-state index in [1.165, 1.54) is 10.9 Å². The van der Waals surface area contributed by atoms with Gasteiger partial charge in [-0.15, -0.1) is 5.92 Å². The number of nitrogens with two attached hydrogens (primary N) is 1. The molecule has 4 rings (SSSR count). The van der Waals surface area contributed by atoms with Crippen LogP contribution in [0.5, 0.6) is 0 Å². The van der Waals surface area contributed by atoms with Gasteiger partial charge in [-0.05, 0) is 11.6 Å². The normalized spacial score (nSPS) is 32.5. The van der Waals surface area contributed by atoms with Crippen LogP contribution in [-0.2, 0) is 9.09 Å². The molecule has 0 aromatic carbocycles. The number of phosphoric ester groups is 1. The number of rotatable bonds is 4. The Labute approximate surface area is 157 Å². The molecule has 2 aliphatic carbocycles. The van der Waals surface area contributed by atoms with Gasteiger partial charge in [0.05, 0.1) is 24.4 Å². The second-order valence-electron chi connectivity index (χ2n) is 6.54. The second kappa shape index (κ2) is 6.12. The number of hydrogen-bond acceptors (Lipinski definition) is 8. The third-order valence-electron chi connectivity index (χ3n) is 5.13. The Balaban J connectivity index is 1.78. The van der Waals surface area contributed by atoms with Gasteiger partial charge >= 0.3 is 7.82 Å². The van der Waals surface area contributed by atoms with Crippen molar-refractivity contribution in [3.05, 3.63) is 11.6 Å². The molecule has 0 amide bonds. The van der Waals surface area contributed by atoms with Crippen molar-refractivity contribution in [1.29, 1.82) is 0 Å². The highest BCUT2D eigenvalue weighted by molar-refractivity contribution is 7.46. The fraction of sp³-hybridized carbons (Fsp3) is 0.500. The first-order valence-electron chi connectivity index (χ1n) is 7.86. The lowest BCUT2D eigenvalue weighted by Crippen LogP contribution is -2.40. The zero-order valence-electron chi connectivity index (χ0n) is 13.6. The summed E-state index contributed by atoms with van der Waals surface area (Å²) in [6.45, 7) is -0.534. The van der Waals surface area contributed by atoms with E-state index in [4.69, 9.17) is 27.1 Å². The van der Waals surface area contributed by atoms with Crippen LogP contribution in [0.1, 0.15) is 12.5 Å². The summed E-state index contributed by atoms with van der Waals surface area (Å²) in [6.07, 6.45) is -1.04. The average Bonchev–Trinajstić information content (AvgIpc) is 3.22. The summed E-state index contributed by atoms with van der Waals surface area (Å²) in [7, 11) is -4.79. The molecule has 2 aromatic rings. The summed E-state index contributed by atoms with van der Waals surface area (Å²) in [5, 5.41) is 21.3. The van der Waals surface area contributed by atoms with Gasteiger partial charge in [0.1, 0.15) is 17.7 Å². The quantitative estimate of drug-likeness (QED) is 0.247. The lowest BCUT2D eigenvalue weighted by molar-refractivity contribution is -0.0276. The van der Waals surface area contributed by atoms with Gasteiger partial charge in [0.25, 0.3) is 0 Å². The largest absolute Gasteiger partial charge is 0.469 e. The van der Waals surface area contributed by atoms with E-state index in [1.54, 1.807) is 0 Å². The number of phosphoric acid groups is 1. The maximum Gasteiger partial charge on any atom is 0.469 e. The molecule has 0 radical (unpaired) electrons. The second-order valence-corrected chi connectivity index (χ2v) is 8.12. The Morgan fingerprint density at radius 3 is 2.89 bits per heavy atom. The number of aromatic nitrogens is 4. The van der Waals surface area contributed by atoms with Crippen molar-refractivity contribution < 1.29 is 29.1 Å². The first kappa shape index (κ1) is 18.6. The number of imidazole rings is 1. The van der Waals surface area contributed by atoms with Crippen molar-refractivity contribution in [1.82, 2.24) is 19.5 Å². The van der Waals surface area contributed by atoms with Gasteiger partial charge < -0.3 is 30.3 Å². The summed E-state index contributed by atoms with van der Waals surface area (Å²) in [5.74, 6) is 5.18. The molecule has 5 atom stereocenters. The fourth-order valence-corrected chi connectivity index (χ4v) is 4.51. The van der Waals surface area contributed by atoms with Crippen LogP contribution in [-0.4, -0.2) is 58.3 Å². The van der Waals surface area contributed by atoms with Gasteiger partial charge in [-0.25, -0.2) is 9.55 Å². The van der Waals surface area contributed by atoms with Crippen molar-refractivity contribution in [2.24, 2.45) is 11.3 Å². The maximum absolute atomic E-state index is 11.1. The van der Waals surface area contributed by atoms with E-state index in [1.807, 2.05) is 0 Å². The molecule has 144 valence electrons. The van der Waals surface area contributed by atoms with Crippen LogP contribution in [0, 0.1) is 23.2 Å². The molecule has 0 saturated heterocycles.